The summed E-state index contributed by atoms with van der Waals surface area (Å²) in [6.07, 6.45) is 4.79. The number of quaternary nitrogens is 1. The highest BCUT2D eigenvalue weighted by atomic mass is 16.5. The van der Waals surface area contributed by atoms with Gasteiger partial charge in [-0.2, -0.15) is 0 Å². The number of benzene rings is 1. The number of ether oxygens (including phenoxy) is 1. The summed E-state index contributed by atoms with van der Waals surface area (Å²) in [5.41, 5.74) is 2.94. The molecule has 0 unspecified atom stereocenters. The predicted octanol–water partition coefficient (Wildman–Crippen LogP) is 3.32. The highest BCUT2D eigenvalue weighted by Gasteiger charge is 2.90. The van der Waals surface area contributed by atoms with Crippen LogP contribution in [-0.4, -0.2) is 48.8 Å². The monoisotopic (exact) mass is 367 g/mol. The minimum absolute atomic E-state index is 0.00364. The molecule has 2 aliphatic carbocycles. The Kier molecular flexibility index (Phi) is 2.86. The second-order valence-corrected chi connectivity index (χ2v) is 9.98. The van der Waals surface area contributed by atoms with Crippen LogP contribution in [0.1, 0.15) is 45.1 Å². The quantitative estimate of drug-likeness (QED) is 0.644. The van der Waals surface area contributed by atoms with Gasteiger partial charge in [-0.25, -0.2) is 0 Å². The minimum atomic E-state index is -0.173. The first-order valence-electron chi connectivity index (χ1n) is 10.8. The lowest BCUT2D eigenvalue weighted by atomic mass is 9.56. The summed E-state index contributed by atoms with van der Waals surface area (Å²) in [5.74, 6) is 0.469. The van der Waals surface area contributed by atoms with E-state index in [4.69, 9.17) is 4.74 Å². The molecule has 0 radical (unpaired) electrons. The van der Waals surface area contributed by atoms with Crippen LogP contribution in [0.5, 0.6) is 0 Å². The van der Waals surface area contributed by atoms with Crippen LogP contribution < -0.4 is 5.32 Å². The number of fused-ring (bicyclic) bond motifs is 1. The number of likely N-dealkylation sites (N-methyl/N-ethyl adjacent to an activating group) is 1. The average molecular weight is 368 g/mol. The normalized spacial score (nSPS) is 50.7. The number of carbonyl (C=O) groups is 1. The van der Waals surface area contributed by atoms with Gasteiger partial charge in [0.25, 0.3) is 0 Å². The van der Waals surface area contributed by atoms with Crippen LogP contribution >= 0.6 is 0 Å². The molecule has 2 saturated carbocycles. The molecular weight excluding hydrogens is 336 g/mol. The Morgan fingerprint density at radius 2 is 2.11 bits per heavy atom. The van der Waals surface area contributed by atoms with Gasteiger partial charge in [-0.1, -0.05) is 25.1 Å². The van der Waals surface area contributed by atoms with Gasteiger partial charge in [-0.05, 0) is 43.7 Å². The number of hydrogen-bond acceptors (Lipinski definition) is 3. The fourth-order valence-corrected chi connectivity index (χ4v) is 9.47. The van der Waals surface area contributed by atoms with E-state index in [1.54, 1.807) is 7.11 Å². The number of para-hydroxylation sites is 1. The van der Waals surface area contributed by atoms with Crippen molar-refractivity contribution in [2.75, 3.05) is 32.1 Å². The van der Waals surface area contributed by atoms with E-state index in [9.17, 15) is 4.79 Å². The van der Waals surface area contributed by atoms with Crippen molar-refractivity contribution in [2.24, 2.45) is 17.3 Å². The van der Waals surface area contributed by atoms with Crippen LogP contribution in [0.25, 0.3) is 0 Å². The summed E-state index contributed by atoms with van der Waals surface area (Å²) in [7, 11) is 1.57. The van der Waals surface area contributed by atoms with Crippen LogP contribution in [-0.2, 0) is 14.9 Å². The molecule has 2 saturated heterocycles. The molecule has 2 bridgehead atoms. The number of esters is 1. The van der Waals surface area contributed by atoms with E-state index in [-0.39, 0.29) is 28.3 Å². The molecule has 4 nitrogen and oxygen atoms in total. The van der Waals surface area contributed by atoms with Gasteiger partial charge in [-0.15, -0.1) is 0 Å². The zero-order valence-electron chi connectivity index (χ0n) is 16.8. The standard InChI is InChI=1S/C23H31N2O2/c1-4-25-12-7-10-21-14-17(19(26)27-3)23(15(21)2)22(11-13-25,20(21)25)16-8-5-6-9-18(16)24-23/h5-6,8-9,15,17,20,24H,4,7,10-14H2,1-3H3/q+1/t15-,17+,20+,21+,22-,23-,25+/m1/s1. The van der Waals surface area contributed by atoms with Crippen molar-refractivity contribution in [1.29, 1.82) is 0 Å². The number of carbonyl (C=O) groups excluding carboxylic acids is 1. The number of piperidine rings is 1. The van der Waals surface area contributed by atoms with Crippen molar-refractivity contribution in [2.45, 2.75) is 56.5 Å². The Labute approximate surface area is 161 Å². The van der Waals surface area contributed by atoms with E-state index in [0.29, 0.717) is 12.0 Å². The van der Waals surface area contributed by atoms with Gasteiger partial charge in [0.05, 0.1) is 43.6 Å². The Balaban J connectivity index is 1.68. The summed E-state index contributed by atoms with van der Waals surface area (Å²) >= 11 is 0. The summed E-state index contributed by atoms with van der Waals surface area (Å²) in [4.78, 5) is 13.1. The van der Waals surface area contributed by atoms with E-state index in [1.165, 1.54) is 54.6 Å². The topological polar surface area (TPSA) is 38.3 Å². The number of nitrogens with zero attached hydrogens (tertiary/aromatic N) is 1. The second kappa shape index (κ2) is 4.71. The lowest BCUT2D eigenvalue weighted by molar-refractivity contribution is -0.952. The number of hydrogen-bond donors (Lipinski definition) is 1. The maximum Gasteiger partial charge on any atom is 0.311 e. The van der Waals surface area contributed by atoms with E-state index < -0.39 is 0 Å². The third-order valence-corrected chi connectivity index (χ3v) is 10.0. The molecule has 0 amide bonds. The van der Waals surface area contributed by atoms with Crippen molar-refractivity contribution in [1.82, 2.24) is 0 Å². The second-order valence-electron chi connectivity index (χ2n) is 9.98. The van der Waals surface area contributed by atoms with E-state index >= 15 is 0 Å². The Morgan fingerprint density at radius 3 is 2.89 bits per heavy atom. The van der Waals surface area contributed by atoms with Crippen molar-refractivity contribution in [3.63, 3.8) is 0 Å². The molecule has 4 fully saturated rings. The number of methoxy groups -OCH3 is 1. The van der Waals surface area contributed by atoms with Gasteiger partial charge < -0.3 is 14.5 Å². The molecular formula is C23H31N2O2+. The molecule has 3 spiro atoms. The van der Waals surface area contributed by atoms with Gasteiger partial charge in [0, 0.05) is 17.5 Å². The Morgan fingerprint density at radius 1 is 1.30 bits per heavy atom. The molecule has 1 N–H and O–H groups in total. The number of nitrogens with one attached hydrogen (secondary N) is 1. The Hall–Kier alpha value is -1.55. The van der Waals surface area contributed by atoms with Gasteiger partial charge in [0.15, 0.2) is 0 Å². The first kappa shape index (κ1) is 16.4. The Bertz CT molecular complexity index is 855. The lowest BCUT2D eigenvalue weighted by Crippen LogP contribution is -2.68. The zero-order valence-corrected chi connectivity index (χ0v) is 16.8. The third kappa shape index (κ3) is 1.38. The molecule has 0 aromatic heterocycles. The molecule has 6 rings (SSSR count). The first-order valence-corrected chi connectivity index (χ1v) is 10.8. The van der Waals surface area contributed by atoms with Crippen LogP contribution in [0.3, 0.4) is 0 Å². The van der Waals surface area contributed by atoms with E-state index in [0.717, 1.165) is 6.42 Å². The highest BCUT2D eigenvalue weighted by molar-refractivity contribution is 5.82. The van der Waals surface area contributed by atoms with E-state index in [1.807, 2.05) is 0 Å². The minimum Gasteiger partial charge on any atom is -0.469 e. The van der Waals surface area contributed by atoms with Crippen molar-refractivity contribution in [3.8, 4) is 0 Å². The van der Waals surface area contributed by atoms with Crippen molar-refractivity contribution >= 4 is 11.7 Å². The fraction of sp³-hybridized carbons (Fsp3) is 0.696. The average Bonchev–Trinajstić information content (AvgIpc) is 3.34. The van der Waals surface area contributed by atoms with Crippen molar-refractivity contribution in [3.05, 3.63) is 29.8 Å². The number of anilines is 1. The van der Waals surface area contributed by atoms with Crippen LogP contribution in [0.4, 0.5) is 5.69 Å². The zero-order chi connectivity index (χ0) is 18.7. The SMILES string of the molecule is CC[N@+]12CCC[C@@]34C[C@@H](C(=O)OC)[C@]5(Nc6ccccc6[C@]5(CC1)[C@H]32)[C@@H]4C. The van der Waals surface area contributed by atoms with Crippen LogP contribution in [0, 0.1) is 17.3 Å². The summed E-state index contributed by atoms with van der Waals surface area (Å²) in [5, 5.41) is 4.02. The maximum absolute atomic E-state index is 13.1. The molecule has 3 heterocycles. The largest absolute Gasteiger partial charge is 0.469 e. The molecule has 5 aliphatic rings. The van der Waals surface area contributed by atoms with E-state index in [2.05, 4.69) is 43.4 Å². The smallest absolute Gasteiger partial charge is 0.311 e. The lowest BCUT2D eigenvalue weighted by Gasteiger charge is -2.55. The molecule has 1 aromatic rings. The van der Waals surface area contributed by atoms with Gasteiger partial charge in [-0.3, -0.25) is 4.79 Å². The fourth-order valence-electron chi connectivity index (χ4n) is 9.47. The summed E-state index contributed by atoms with van der Waals surface area (Å²) < 4.78 is 6.66. The predicted molar refractivity (Wildman–Crippen MR) is 104 cm³/mol. The molecule has 1 aromatic carbocycles. The molecule has 27 heavy (non-hydrogen) atoms. The first-order chi connectivity index (χ1) is 13.0. The van der Waals surface area contributed by atoms with Crippen LogP contribution in [0.15, 0.2) is 24.3 Å². The molecule has 4 heteroatoms. The maximum atomic E-state index is 13.1. The van der Waals surface area contributed by atoms with Crippen molar-refractivity contribution < 1.29 is 14.0 Å². The summed E-state index contributed by atoms with van der Waals surface area (Å²) in [6, 6.07) is 9.58. The molecule has 7 atom stereocenters. The van der Waals surface area contributed by atoms with Gasteiger partial charge in [0.1, 0.15) is 6.04 Å². The van der Waals surface area contributed by atoms with Gasteiger partial charge in [0.2, 0.25) is 0 Å². The van der Waals surface area contributed by atoms with Gasteiger partial charge >= 0.3 is 5.97 Å². The summed E-state index contributed by atoms with van der Waals surface area (Å²) in [6.45, 7) is 8.66. The molecule has 144 valence electrons. The van der Waals surface area contributed by atoms with Crippen LogP contribution in [0.2, 0.25) is 0 Å². The number of rotatable bonds is 2. The molecule has 3 aliphatic heterocycles. The third-order valence-electron chi connectivity index (χ3n) is 10.0. The highest BCUT2D eigenvalue weighted by Crippen LogP contribution is 2.81.